The minimum atomic E-state index is -4.47. The van der Waals surface area contributed by atoms with Crippen molar-refractivity contribution in [1.82, 2.24) is 4.72 Å². The molecule has 5 nitrogen and oxygen atoms in total. The zero-order chi connectivity index (χ0) is 20.4. The minimum absolute atomic E-state index is 0.0320. The second kappa shape index (κ2) is 8.08. The second-order valence-corrected chi connectivity index (χ2v) is 10.6. The van der Waals surface area contributed by atoms with Crippen LogP contribution >= 0.6 is 11.3 Å². The van der Waals surface area contributed by atoms with Crippen molar-refractivity contribution >= 4 is 31.2 Å². The van der Waals surface area contributed by atoms with Crippen LogP contribution in [-0.2, 0) is 19.9 Å². The highest BCUT2D eigenvalue weighted by atomic mass is 32.2. The molecule has 0 fully saturated rings. The van der Waals surface area contributed by atoms with Crippen LogP contribution in [0.15, 0.2) is 75.8 Å². The van der Waals surface area contributed by atoms with Gasteiger partial charge in [0.1, 0.15) is 21.8 Å². The summed E-state index contributed by atoms with van der Waals surface area (Å²) in [5.74, 6) is -2.05. The molecule has 28 heavy (non-hydrogen) atoms. The van der Waals surface area contributed by atoms with Gasteiger partial charge < -0.3 is 0 Å². The van der Waals surface area contributed by atoms with Gasteiger partial charge in [0, 0.05) is 11.4 Å². The summed E-state index contributed by atoms with van der Waals surface area (Å²) in [7, 11) is -8.40. The number of thiophene rings is 1. The van der Waals surface area contributed by atoms with E-state index in [9.17, 15) is 25.6 Å². The smallest absolute Gasteiger partial charge is 0.223 e. The largest absolute Gasteiger partial charge is 0.243 e. The van der Waals surface area contributed by atoms with Crippen LogP contribution in [0.1, 0.15) is 10.1 Å². The number of sulfonamides is 1. The van der Waals surface area contributed by atoms with Crippen LogP contribution in [0, 0.1) is 11.6 Å². The fourth-order valence-corrected chi connectivity index (χ4v) is 6.60. The normalized spacial score (nSPS) is 13.4. The molecule has 0 spiro atoms. The molecule has 1 heterocycles. The van der Waals surface area contributed by atoms with E-state index in [0.717, 1.165) is 17.4 Å². The molecule has 0 saturated carbocycles. The lowest BCUT2D eigenvalue weighted by atomic mass is 10.3. The third-order valence-corrected chi connectivity index (χ3v) is 8.62. The Bertz CT molecular complexity index is 1160. The summed E-state index contributed by atoms with van der Waals surface area (Å²) in [6, 6.07) is 12.9. The average Bonchev–Trinajstić information content (AvgIpc) is 3.18. The quantitative estimate of drug-likeness (QED) is 0.606. The summed E-state index contributed by atoms with van der Waals surface area (Å²) in [4.78, 5) is -0.426. The van der Waals surface area contributed by atoms with E-state index in [1.54, 1.807) is 35.7 Å². The van der Waals surface area contributed by atoms with Crippen molar-refractivity contribution in [2.24, 2.45) is 0 Å². The highest BCUT2D eigenvalue weighted by molar-refractivity contribution is 7.92. The van der Waals surface area contributed by atoms with E-state index < -0.39 is 48.2 Å². The number of benzene rings is 2. The first-order valence-corrected chi connectivity index (χ1v) is 11.9. The van der Waals surface area contributed by atoms with Crippen molar-refractivity contribution in [3.63, 3.8) is 0 Å². The monoisotopic (exact) mass is 443 g/mol. The fraction of sp³-hybridized carbons (Fsp3) is 0.111. The molecule has 0 unspecified atom stereocenters. The lowest BCUT2D eigenvalue weighted by molar-refractivity contribution is 0.544. The van der Waals surface area contributed by atoms with Gasteiger partial charge in [0.2, 0.25) is 10.0 Å². The topological polar surface area (TPSA) is 80.3 Å². The Morgan fingerprint density at radius 1 is 0.929 bits per heavy atom. The predicted molar refractivity (Wildman–Crippen MR) is 102 cm³/mol. The first-order valence-electron chi connectivity index (χ1n) is 7.99. The van der Waals surface area contributed by atoms with Crippen molar-refractivity contribution in [2.75, 3.05) is 6.54 Å². The Morgan fingerprint density at radius 3 is 2.29 bits per heavy atom. The second-order valence-electron chi connectivity index (χ2n) is 5.79. The first kappa shape index (κ1) is 20.6. The van der Waals surface area contributed by atoms with Gasteiger partial charge in [-0.1, -0.05) is 24.3 Å². The average molecular weight is 444 g/mol. The standard InChI is InChI=1S/C18H15F2NO4S3/c19-13-8-9-15(20)17(11-13)28(24,25)21-12-18(16-7-4-10-26-16)27(22,23)14-5-2-1-3-6-14/h1-11,18,21H,12H2/t18-/m0/s1. The van der Waals surface area contributed by atoms with Gasteiger partial charge in [-0.05, 0) is 41.8 Å². The van der Waals surface area contributed by atoms with Crippen LogP contribution in [0.4, 0.5) is 8.78 Å². The molecule has 0 radical (unpaired) electrons. The number of nitrogens with one attached hydrogen (secondary N) is 1. The van der Waals surface area contributed by atoms with Gasteiger partial charge in [-0.3, -0.25) is 0 Å². The summed E-state index contributed by atoms with van der Waals surface area (Å²) in [5.41, 5.74) is 0. The fourth-order valence-electron chi connectivity index (χ4n) is 2.56. The summed E-state index contributed by atoms with van der Waals surface area (Å²) in [6.07, 6.45) is 0. The van der Waals surface area contributed by atoms with E-state index in [4.69, 9.17) is 0 Å². The zero-order valence-electron chi connectivity index (χ0n) is 14.2. The van der Waals surface area contributed by atoms with Gasteiger partial charge in [-0.15, -0.1) is 11.3 Å². The Labute approximate surface area is 165 Å². The molecule has 0 aliphatic carbocycles. The van der Waals surface area contributed by atoms with E-state index >= 15 is 0 Å². The molecule has 0 amide bonds. The Morgan fingerprint density at radius 2 is 1.64 bits per heavy atom. The van der Waals surface area contributed by atoms with E-state index in [-0.39, 0.29) is 4.90 Å². The summed E-state index contributed by atoms with van der Waals surface area (Å²) < 4.78 is 80.3. The molecule has 2 aromatic carbocycles. The summed E-state index contributed by atoms with van der Waals surface area (Å²) >= 11 is 1.16. The summed E-state index contributed by atoms with van der Waals surface area (Å²) in [5, 5.41) is 0.449. The van der Waals surface area contributed by atoms with Crippen LogP contribution in [0.5, 0.6) is 0 Å². The molecule has 0 saturated heterocycles. The Kier molecular flexibility index (Phi) is 5.94. The number of hydrogen-bond acceptors (Lipinski definition) is 5. The van der Waals surface area contributed by atoms with Crippen LogP contribution in [-0.4, -0.2) is 23.4 Å². The third kappa shape index (κ3) is 4.30. The van der Waals surface area contributed by atoms with Crippen molar-refractivity contribution in [1.29, 1.82) is 0 Å². The summed E-state index contributed by atoms with van der Waals surface area (Å²) in [6.45, 7) is -0.532. The van der Waals surface area contributed by atoms with Crippen LogP contribution in [0.25, 0.3) is 0 Å². The molecule has 1 atom stereocenters. The Balaban J connectivity index is 1.95. The van der Waals surface area contributed by atoms with Crippen LogP contribution < -0.4 is 4.72 Å². The molecule has 1 aromatic heterocycles. The maximum absolute atomic E-state index is 13.9. The minimum Gasteiger partial charge on any atom is -0.223 e. The van der Waals surface area contributed by atoms with E-state index in [1.807, 2.05) is 0 Å². The molecule has 3 aromatic rings. The molecular formula is C18H15F2NO4S3. The lowest BCUT2D eigenvalue weighted by Gasteiger charge is -2.17. The number of sulfone groups is 1. The number of rotatable bonds is 7. The highest BCUT2D eigenvalue weighted by Gasteiger charge is 2.32. The highest BCUT2D eigenvalue weighted by Crippen LogP contribution is 2.31. The van der Waals surface area contributed by atoms with Crippen molar-refractivity contribution in [3.8, 4) is 0 Å². The van der Waals surface area contributed by atoms with E-state index in [1.165, 1.54) is 12.1 Å². The van der Waals surface area contributed by atoms with Crippen LogP contribution in [0.3, 0.4) is 0 Å². The van der Waals surface area contributed by atoms with Gasteiger partial charge in [0.25, 0.3) is 0 Å². The van der Waals surface area contributed by atoms with Gasteiger partial charge in [-0.25, -0.2) is 30.3 Å². The number of hydrogen-bond donors (Lipinski definition) is 1. The van der Waals surface area contributed by atoms with Crippen molar-refractivity contribution in [2.45, 2.75) is 15.0 Å². The third-order valence-electron chi connectivity index (χ3n) is 3.95. The number of halogens is 2. The van der Waals surface area contributed by atoms with Gasteiger partial charge in [-0.2, -0.15) is 0 Å². The first-order chi connectivity index (χ1) is 13.2. The molecule has 10 heteroatoms. The van der Waals surface area contributed by atoms with Crippen molar-refractivity contribution < 1.29 is 25.6 Å². The SMILES string of the molecule is O=S(=O)(NC[C@@H](c1cccs1)S(=O)(=O)c1ccccc1)c1cc(F)ccc1F. The van der Waals surface area contributed by atoms with Gasteiger partial charge >= 0.3 is 0 Å². The molecular weight excluding hydrogens is 428 g/mol. The zero-order valence-corrected chi connectivity index (χ0v) is 16.7. The molecule has 0 bridgehead atoms. The molecule has 148 valence electrons. The molecule has 1 N–H and O–H groups in total. The lowest BCUT2D eigenvalue weighted by Crippen LogP contribution is -2.32. The van der Waals surface area contributed by atoms with E-state index in [2.05, 4.69) is 4.72 Å². The van der Waals surface area contributed by atoms with Gasteiger partial charge in [0.05, 0.1) is 4.90 Å². The molecule has 0 aliphatic rings. The maximum atomic E-state index is 13.9. The Hall–Kier alpha value is -2.14. The molecule has 3 rings (SSSR count). The molecule has 0 aliphatic heterocycles. The maximum Gasteiger partial charge on any atom is 0.243 e. The van der Waals surface area contributed by atoms with Gasteiger partial charge in [0.15, 0.2) is 9.84 Å². The van der Waals surface area contributed by atoms with E-state index in [0.29, 0.717) is 17.0 Å². The van der Waals surface area contributed by atoms with Crippen LogP contribution in [0.2, 0.25) is 0 Å². The predicted octanol–water partition coefficient (Wildman–Crippen LogP) is 3.52. The van der Waals surface area contributed by atoms with Crippen molar-refractivity contribution in [3.05, 3.63) is 82.6 Å².